The van der Waals surface area contributed by atoms with Crippen molar-refractivity contribution in [1.29, 1.82) is 0 Å². The summed E-state index contributed by atoms with van der Waals surface area (Å²) in [5, 5.41) is 10.2. The van der Waals surface area contributed by atoms with Crippen LogP contribution in [-0.2, 0) is 18.4 Å². The van der Waals surface area contributed by atoms with E-state index < -0.39 is 0 Å². The topological polar surface area (TPSA) is 99.6 Å². The molecule has 2 aromatic rings. The number of carbonyl (C=O) groups excluding carboxylic acids is 3. The van der Waals surface area contributed by atoms with Gasteiger partial charge in [-0.1, -0.05) is 31.4 Å². The normalized spacial score (nSPS) is 17.4. The fraction of sp³-hybridized carbons (Fsp3) is 0.520. The average molecular weight is 467 g/mol. The van der Waals surface area contributed by atoms with Crippen molar-refractivity contribution in [2.45, 2.75) is 51.6 Å². The van der Waals surface area contributed by atoms with Crippen LogP contribution in [0, 0.1) is 0 Å². The third-order valence-electron chi connectivity index (χ3n) is 6.65. The quantitative estimate of drug-likeness (QED) is 0.681. The maximum Gasteiger partial charge on any atom is 0.274 e. The van der Waals surface area contributed by atoms with E-state index in [1.807, 2.05) is 23.1 Å². The number of anilines is 1. The van der Waals surface area contributed by atoms with Gasteiger partial charge >= 0.3 is 0 Å². The van der Waals surface area contributed by atoms with Crippen LogP contribution >= 0.6 is 0 Å². The summed E-state index contributed by atoms with van der Waals surface area (Å²) in [4.78, 5) is 41.5. The van der Waals surface area contributed by atoms with Gasteiger partial charge < -0.3 is 15.5 Å². The summed E-state index contributed by atoms with van der Waals surface area (Å²) < 4.78 is 1.54. The molecule has 1 aromatic heterocycles. The summed E-state index contributed by atoms with van der Waals surface area (Å²) in [6.45, 7) is 5.39. The molecule has 1 saturated carbocycles. The van der Waals surface area contributed by atoms with E-state index in [2.05, 4.69) is 20.6 Å². The smallest absolute Gasteiger partial charge is 0.274 e. The molecule has 182 valence electrons. The lowest BCUT2D eigenvalue weighted by molar-refractivity contribution is -0.130. The van der Waals surface area contributed by atoms with E-state index in [-0.39, 0.29) is 29.5 Å². The fourth-order valence-electron chi connectivity index (χ4n) is 4.73. The van der Waals surface area contributed by atoms with Gasteiger partial charge in [0, 0.05) is 64.5 Å². The van der Waals surface area contributed by atoms with Crippen LogP contribution in [0.2, 0.25) is 0 Å². The Morgan fingerprint density at radius 1 is 1.03 bits per heavy atom. The van der Waals surface area contributed by atoms with Crippen molar-refractivity contribution in [2.24, 2.45) is 7.05 Å². The van der Waals surface area contributed by atoms with Crippen LogP contribution in [0.3, 0.4) is 0 Å². The number of rotatable bonds is 6. The zero-order valence-corrected chi connectivity index (χ0v) is 20.0. The molecule has 2 heterocycles. The highest BCUT2D eigenvalue weighted by atomic mass is 16.2. The first-order valence-electron chi connectivity index (χ1n) is 12.1. The Hall–Kier alpha value is -3.20. The van der Waals surface area contributed by atoms with Crippen LogP contribution in [0.4, 0.5) is 5.69 Å². The van der Waals surface area contributed by atoms with Gasteiger partial charge in [0.2, 0.25) is 5.91 Å². The first-order chi connectivity index (χ1) is 16.4. The van der Waals surface area contributed by atoms with Crippen molar-refractivity contribution in [3.05, 3.63) is 47.3 Å². The first kappa shape index (κ1) is 23.9. The number of nitrogens with one attached hydrogen (secondary N) is 2. The zero-order valence-electron chi connectivity index (χ0n) is 20.0. The van der Waals surface area contributed by atoms with Crippen molar-refractivity contribution in [3.8, 4) is 0 Å². The van der Waals surface area contributed by atoms with Gasteiger partial charge in [0.05, 0.1) is 5.69 Å². The number of hydrogen-bond donors (Lipinski definition) is 2. The maximum atomic E-state index is 13.0. The molecule has 0 spiro atoms. The molecule has 1 aromatic carbocycles. The number of nitrogens with zero attached hydrogens (tertiary/aromatic N) is 4. The molecule has 2 N–H and O–H groups in total. The Bertz CT molecular complexity index is 1040. The zero-order chi connectivity index (χ0) is 24.1. The molecule has 2 fully saturated rings. The van der Waals surface area contributed by atoms with Gasteiger partial charge in [0.1, 0.15) is 0 Å². The van der Waals surface area contributed by atoms with Gasteiger partial charge in [0.15, 0.2) is 5.69 Å². The second-order valence-corrected chi connectivity index (χ2v) is 9.31. The summed E-state index contributed by atoms with van der Waals surface area (Å²) in [7, 11) is 1.74. The molecule has 3 amide bonds. The van der Waals surface area contributed by atoms with Crippen molar-refractivity contribution < 1.29 is 14.4 Å². The number of carbonyl (C=O) groups is 3. The summed E-state index contributed by atoms with van der Waals surface area (Å²) in [6, 6.07) is 7.69. The molecule has 0 atom stereocenters. The number of benzene rings is 1. The van der Waals surface area contributed by atoms with Crippen LogP contribution in [0.5, 0.6) is 0 Å². The van der Waals surface area contributed by atoms with Crippen LogP contribution < -0.4 is 10.6 Å². The molecule has 0 bridgehead atoms. The minimum Gasteiger partial charge on any atom is -0.348 e. The third kappa shape index (κ3) is 6.02. The molecule has 1 saturated heterocycles. The van der Waals surface area contributed by atoms with Crippen LogP contribution in [0.1, 0.15) is 65.4 Å². The molecule has 0 unspecified atom stereocenters. The highest BCUT2D eigenvalue weighted by molar-refractivity contribution is 6.08. The highest BCUT2D eigenvalue weighted by Crippen LogP contribution is 2.20. The highest BCUT2D eigenvalue weighted by Gasteiger charge is 2.23. The van der Waals surface area contributed by atoms with E-state index in [1.165, 1.54) is 6.42 Å². The van der Waals surface area contributed by atoms with Gasteiger partial charge in [-0.05, 0) is 30.5 Å². The Labute approximate surface area is 200 Å². The molecule has 34 heavy (non-hydrogen) atoms. The Balaban J connectivity index is 1.38. The van der Waals surface area contributed by atoms with Crippen LogP contribution in [0.15, 0.2) is 30.5 Å². The molecule has 9 nitrogen and oxygen atoms in total. The van der Waals surface area contributed by atoms with Crippen molar-refractivity contribution in [2.75, 3.05) is 31.5 Å². The van der Waals surface area contributed by atoms with Gasteiger partial charge in [-0.25, -0.2) is 0 Å². The van der Waals surface area contributed by atoms with E-state index in [0.717, 1.165) is 64.0 Å². The van der Waals surface area contributed by atoms with Gasteiger partial charge in [-0.3, -0.25) is 24.0 Å². The average Bonchev–Trinajstić information content (AvgIpc) is 3.20. The standard InChI is InChI=1S/C25H34N6O3/c1-18(32)31-13-11-30(12-14-31)16-19-7-6-8-20(15-19)24(33)27-22-17-29(2)28-23(22)25(34)26-21-9-4-3-5-10-21/h6-8,15,17,21H,3-5,9-14,16H2,1-2H3,(H,26,34)(H,27,33). The van der Waals surface area contributed by atoms with E-state index in [9.17, 15) is 14.4 Å². The van der Waals surface area contributed by atoms with Crippen LogP contribution in [0.25, 0.3) is 0 Å². The summed E-state index contributed by atoms with van der Waals surface area (Å²) in [5.41, 5.74) is 2.21. The molecule has 2 aliphatic rings. The van der Waals surface area contributed by atoms with E-state index in [0.29, 0.717) is 11.3 Å². The molecule has 1 aliphatic carbocycles. The van der Waals surface area contributed by atoms with Gasteiger partial charge in [-0.2, -0.15) is 5.10 Å². The minimum absolute atomic E-state index is 0.112. The monoisotopic (exact) mass is 466 g/mol. The second-order valence-electron chi connectivity index (χ2n) is 9.31. The lowest BCUT2D eigenvalue weighted by atomic mass is 9.95. The van der Waals surface area contributed by atoms with E-state index in [1.54, 1.807) is 30.9 Å². The molecular weight excluding hydrogens is 432 g/mol. The first-order valence-corrected chi connectivity index (χ1v) is 12.1. The summed E-state index contributed by atoms with van der Waals surface area (Å²) in [5.74, 6) is -0.412. The molecule has 1 aliphatic heterocycles. The predicted molar refractivity (Wildman–Crippen MR) is 129 cm³/mol. The predicted octanol–water partition coefficient (Wildman–Crippen LogP) is 2.40. The number of hydrogen-bond acceptors (Lipinski definition) is 5. The minimum atomic E-state index is -0.275. The van der Waals surface area contributed by atoms with E-state index in [4.69, 9.17) is 0 Å². The Morgan fingerprint density at radius 2 is 1.76 bits per heavy atom. The summed E-state index contributed by atoms with van der Waals surface area (Å²) >= 11 is 0. The Morgan fingerprint density at radius 3 is 2.47 bits per heavy atom. The summed E-state index contributed by atoms with van der Waals surface area (Å²) in [6.07, 6.45) is 7.09. The second kappa shape index (κ2) is 10.8. The number of amides is 3. The molecular formula is C25H34N6O3. The van der Waals surface area contributed by atoms with Gasteiger partial charge in [0.25, 0.3) is 11.8 Å². The Kier molecular flexibility index (Phi) is 7.62. The fourth-order valence-corrected chi connectivity index (χ4v) is 4.73. The number of aromatic nitrogens is 2. The van der Waals surface area contributed by atoms with E-state index >= 15 is 0 Å². The lowest BCUT2D eigenvalue weighted by Crippen LogP contribution is -2.47. The largest absolute Gasteiger partial charge is 0.348 e. The molecule has 4 rings (SSSR count). The maximum absolute atomic E-state index is 13.0. The number of aryl methyl sites for hydroxylation is 1. The van der Waals surface area contributed by atoms with Crippen LogP contribution in [-0.4, -0.2) is 69.5 Å². The van der Waals surface area contributed by atoms with Crippen molar-refractivity contribution in [1.82, 2.24) is 24.9 Å². The van der Waals surface area contributed by atoms with Crippen molar-refractivity contribution >= 4 is 23.4 Å². The number of piperazine rings is 1. The molecule has 9 heteroatoms. The van der Waals surface area contributed by atoms with Gasteiger partial charge in [-0.15, -0.1) is 0 Å². The third-order valence-corrected chi connectivity index (χ3v) is 6.65. The molecule has 0 radical (unpaired) electrons. The SMILES string of the molecule is CC(=O)N1CCN(Cc2cccc(C(=O)Nc3cn(C)nc3C(=O)NC3CCCCC3)c2)CC1. The lowest BCUT2D eigenvalue weighted by Gasteiger charge is -2.34. The van der Waals surface area contributed by atoms with Crippen molar-refractivity contribution in [3.63, 3.8) is 0 Å².